The van der Waals surface area contributed by atoms with Gasteiger partial charge in [-0.15, -0.1) is 0 Å². The highest BCUT2D eigenvalue weighted by molar-refractivity contribution is 7.89. The quantitative estimate of drug-likeness (QED) is 0.750. The summed E-state index contributed by atoms with van der Waals surface area (Å²) in [5.74, 6) is -0.413. The first kappa shape index (κ1) is 15.4. The van der Waals surface area contributed by atoms with Gasteiger partial charge in [-0.05, 0) is 23.8 Å². The fourth-order valence-corrected chi connectivity index (χ4v) is 2.69. The van der Waals surface area contributed by atoms with E-state index in [2.05, 4.69) is 10.0 Å². The smallest absolute Gasteiger partial charge is 0.212 e. The lowest BCUT2D eigenvalue weighted by Crippen LogP contribution is -2.31. The van der Waals surface area contributed by atoms with Crippen LogP contribution in [0.25, 0.3) is 0 Å². The minimum Gasteiger partial charge on any atom is -0.312 e. The minimum absolute atomic E-state index is 0.0100. The number of hydrogen-bond acceptors (Lipinski definition) is 3. The maximum atomic E-state index is 13.0. The Balaban J connectivity index is 2.38. The molecule has 0 aliphatic heterocycles. The predicted octanol–water partition coefficient (Wildman–Crippen LogP) is 1.51. The van der Waals surface area contributed by atoms with Crippen LogP contribution in [0.4, 0.5) is 4.39 Å². The molecular formula is C11H16ClFN2O2S. The van der Waals surface area contributed by atoms with Gasteiger partial charge in [0, 0.05) is 24.7 Å². The maximum absolute atomic E-state index is 13.0. The van der Waals surface area contributed by atoms with Gasteiger partial charge in [0.1, 0.15) is 5.82 Å². The summed E-state index contributed by atoms with van der Waals surface area (Å²) in [7, 11) is -3.22. The second-order valence-corrected chi connectivity index (χ2v) is 6.13. The number of rotatable bonds is 7. The predicted molar refractivity (Wildman–Crippen MR) is 70.6 cm³/mol. The van der Waals surface area contributed by atoms with E-state index in [1.165, 1.54) is 12.1 Å². The van der Waals surface area contributed by atoms with Crippen LogP contribution in [0.2, 0.25) is 5.02 Å². The van der Waals surface area contributed by atoms with E-state index in [1.54, 1.807) is 13.0 Å². The van der Waals surface area contributed by atoms with Crippen molar-refractivity contribution in [2.24, 2.45) is 0 Å². The lowest BCUT2D eigenvalue weighted by Gasteiger charge is -2.07. The Morgan fingerprint density at radius 3 is 2.67 bits per heavy atom. The van der Waals surface area contributed by atoms with Gasteiger partial charge in [-0.2, -0.15) is 0 Å². The molecule has 1 rings (SSSR count). The van der Waals surface area contributed by atoms with Crippen LogP contribution in [-0.2, 0) is 16.6 Å². The lowest BCUT2D eigenvalue weighted by molar-refractivity contribution is 0.578. The van der Waals surface area contributed by atoms with E-state index in [0.717, 1.165) is 0 Å². The van der Waals surface area contributed by atoms with Crippen molar-refractivity contribution in [2.45, 2.75) is 13.5 Å². The monoisotopic (exact) mass is 294 g/mol. The molecule has 102 valence electrons. The molecule has 0 aliphatic carbocycles. The van der Waals surface area contributed by atoms with E-state index in [9.17, 15) is 12.8 Å². The van der Waals surface area contributed by atoms with Crippen LogP contribution in [0.5, 0.6) is 0 Å². The molecule has 0 saturated carbocycles. The Hall–Kier alpha value is -0.690. The van der Waals surface area contributed by atoms with E-state index in [4.69, 9.17) is 11.6 Å². The third kappa shape index (κ3) is 5.77. The summed E-state index contributed by atoms with van der Waals surface area (Å²) in [4.78, 5) is 0. The summed E-state index contributed by atoms with van der Waals surface area (Å²) >= 11 is 5.70. The molecule has 0 amide bonds. The van der Waals surface area contributed by atoms with Crippen molar-refractivity contribution in [2.75, 3.05) is 18.8 Å². The number of benzene rings is 1. The highest BCUT2D eigenvalue weighted by atomic mass is 35.5. The maximum Gasteiger partial charge on any atom is 0.212 e. The van der Waals surface area contributed by atoms with Gasteiger partial charge in [0.05, 0.1) is 5.75 Å². The fraction of sp³-hybridized carbons (Fsp3) is 0.455. The molecule has 0 fully saturated rings. The van der Waals surface area contributed by atoms with Gasteiger partial charge in [-0.3, -0.25) is 0 Å². The second kappa shape index (κ2) is 7.04. The Bertz CT molecular complexity index is 474. The van der Waals surface area contributed by atoms with Crippen LogP contribution in [0, 0.1) is 5.82 Å². The SMILES string of the molecule is CCNS(=O)(=O)CCNCc1cc(F)cc(Cl)c1. The van der Waals surface area contributed by atoms with Gasteiger partial charge < -0.3 is 5.32 Å². The van der Waals surface area contributed by atoms with E-state index < -0.39 is 15.8 Å². The van der Waals surface area contributed by atoms with Crippen molar-refractivity contribution in [1.29, 1.82) is 0 Å². The van der Waals surface area contributed by atoms with Crippen LogP contribution in [0.1, 0.15) is 12.5 Å². The molecule has 7 heteroatoms. The van der Waals surface area contributed by atoms with Crippen molar-refractivity contribution in [1.82, 2.24) is 10.0 Å². The zero-order valence-corrected chi connectivity index (χ0v) is 11.6. The number of sulfonamides is 1. The van der Waals surface area contributed by atoms with Crippen LogP contribution in [0.3, 0.4) is 0 Å². The molecule has 1 aromatic carbocycles. The van der Waals surface area contributed by atoms with Gasteiger partial charge in [-0.25, -0.2) is 17.5 Å². The Kier molecular flexibility index (Phi) is 6.01. The summed E-state index contributed by atoms with van der Waals surface area (Å²) in [6, 6.07) is 4.22. The molecule has 0 unspecified atom stereocenters. The van der Waals surface area contributed by atoms with Gasteiger partial charge in [0.2, 0.25) is 10.0 Å². The van der Waals surface area contributed by atoms with Crippen LogP contribution >= 0.6 is 11.6 Å². The summed E-state index contributed by atoms with van der Waals surface area (Å²) in [5, 5.41) is 3.25. The Morgan fingerprint density at radius 1 is 1.33 bits per heavy atom. The van der Waals surface area contributed by atoms with Gasteiger partial charge in [0.25, 0.3) is 0 Å². The van der Waals surface area contributed by atoms with Crippen molar-refractivity contribution < 1.29 is 12.8 Å². The molecule has 2 N–H and O–H groups in total. The van der Waals surface area contributed by atoms with E-state index >= 15 is 0 Å². The molecule has 1 aromatic rings. The van der Waals surface area contributed by atoms with E-state index in [0.29, 0.717) is 30.2 Å². The summed E-state index contributed by atoms with van der Waals surface area (Å²) in [6.07, 6.45) is 0. The molecule has 0 spiro atoms. The van der Waals surface area contributed by atoms with Crippen molar-refractivity contribution in [3.63, 3.8) is 0 Å². The zero-order valence-electron chi connectivity index (χ0n) is 10.0. The topological polar surface area (TPSA) is 58.2 Å². The van der Waals surface area contributed by atoms with Gasteiger partial charge >= 0.3 is 0 Å². The lowest BCUT2D eigenvalue weighted by atomic mass is 10.2. The zero-order chi connectivity index (χ0) is 13.6. The number of halogens is 2. The fourth-order valence-electron chi connectivity index (χ4n) is 1.44. The van der Waals surface area contributed by atoms with Crippen molar-refractivity contribution in [3.05, 3.63) is 34.6 Å². The molecule has 0 aromatic heterocycles. The molecule has 0 bridgehead atoms. The first-order chi connectivity index (χ1) is 8.43. The second-order valence-electron chi connectivity index (χ2n) is 3.77. The Morgan fingerprint density at radius 2 is 2.06 bits per heavy atom. The van der Waals surface area contributed by atoms with Crippen molar-refractivity contribution >= 4 is 21.6 Å². The summed E-state index contributed by atoms with van der Waals surface area (Å²) < 4.78 is 38.0. The van der Waals surface area contributed by atoms with Crippen LogP contribution in [-0.4, -0.2) is 27.3 Å². The molecule has 0 saturated heterocycles. The average Bonchev–Trinajstić information content (AvgIpc) is 2.23. The largest absolute Gasteiger partial charge is 0.312 e. The molecule has 4 nitrogen and oxygen atoms in total. The van der Waals surface area contributed by atoms with Crippen LogP contribution in [0.15, 0.2) is 18.2 Å². The molecular weight excluding hydrogens is 279 g/mol. The molecule has 0 atom stereocenters. The van der Waals surface area contributed by atoms with Crippen LogP contribution < -0.4 is 10.0 Å². The first-order valence-electron chi connectivity index (χ1n) is 5.56. The van der Waals surface area contributed by atoms with E-state index in [1.807, 2.05) is 0 Å². The van der Waals surface area contributed by atoms with Gasteiger partial charge in [0.15, 0.2) is 0 Å². The molecule has 0 heterocycles. The highest BCUT2D eigenvalue weighted by Gasteiger charge is 2.07. The molecule has 0 radical (unpaired) electrons. The Labute approximate surface area is 112 Å². The van der Waals surface area contributed by atoms with E-state index in [-0.39, 0.29) is 5.75 Å². The summed E-state index contributed by atoms with van der Waals surface area (Å²) in [6.45, 7) is 2.77. The number of hydrogen-bond donors (Lipinski definition) is 2. The standard InChI is InChI=1S/C11H16ClFN2O2S/c1-2-15-18(16,17)4-3-14-8-9-5-10(12)7-11(13)6-9/h5-7,14-15H,2-4,8H2,1H3. The molecule has 0 aliphatic rings. The van der Waals surface area contributed by atoms with Crippen molar-refractivity contribution in [3.8, 4) is 0 Å². The third-order valence-corrected chi connectivity index (χ3v) is 3.85. The van der Waals surface area contributed by atoms with Gasteiger partial charge in [-0.1, -0.05) is 18.5 Å². The third-order valence-electron chi connectivity index (χ3n) is 2.16. The normalized spacial score (nSPS) is 11.7. The first-order valence-corrected chi connectivity index (χ1v) is 7.59. The average molecular weight is 295 g/mol. The highest BCUT2D eigenvalue weighted by Crippen LogP contribution is 2.13. The molecule has 18 heavy (non-hydrogen) atoms. The minimum atomic E-state index is -3.22. The number of nitrogens with one attached hydrogen (secondary N) is 2. The summed E-state index contributed by atoms with van der Waals surface area (Å²) in [5.41, 5.74) is 0.681.